The molecule has 2 aromatic rings. The molecule has 2 amide bonds. The van der Waals surface area contributed by atoms with E-state index in [-0.39, 0.29) is 24.0 Å². The lowest BCUT2D eigenvalue weighted by atomic mass is 10.1. The Morgan fingerprint density at radius 3 is 2.32 bits per heavy atom. The van der Waals surface area contributed by atoms with Gasteiger partial charge in [0.1, 0.15) is 12.8 Å². The number of alkyl halides is 3. The summed E-state index contributed by atoms with van der Waals surface area (Å²) in [6.07, 6.45) is -3.19. The quantitative estimate of drug-likeness (QED) is 0.894. The van der Waals surface area contributed by atoms with Crippen molar-refractivity contribution in [2.24, 2.45) is 0 Å². The van der Waals surface area contributed by atoms with Gasteiger partial charge in [0.05, 0.1) is 5.56 Å². The van der Waals surface area contributed by atoms with Crippen molar-refractivity contribution >= 4 is 17.6 Å². The van der Waals surface area contributed by atoms with Gasteiger partial charge in [0.2, 0.25) is 5.91 Å². The summed E-state index contributed by atoms with van der Waals surface area (Å²) in [6, 6.07) is 4.96. The minimum absolute atomic E-state index is 0.0657. The molecule has 0 aliphatic rings. The summed E-state index contributed by atoms with van der Waals surface area (Å²) < 4.78 is 42.4. The number of nitrogens with one attached hydrogen (secondary N) is 1. The van der Waals surface area contributed by atoms with Crippen molar-refractivity contribution in [3.05, 3.63) is 47.7 Å². The van der Waals surface area contributed by atoms with Gasteiger partial charge in [-0.3, -0.25) is 9.59 Å². The second-order valence-corrected chi connectivity index (χ2v) is 5.53. The molecule has 1 N–H and O–H groups in total. The maximum atomic E-state index is 12.6. The van der Waals surface area contributed by atoms with E-state index in [4.69, 9.17) is 0 Å². The van der Waals surface area contributed by atoms with Crippen molar-refractivity contribution in [2.75, 3.05) is 11.9 Å². The van der Waals surface area contributed by atoms with Crippen molar-refractivity contribution in [1.29, 1.82) is 0 Å². The summed E-state index contributed by atoms with van der Waals surface area (Å²) in [7, 11) is 0. The molecule has 0 atom stereocenters. The van der Waals surface area contributed by atoms with Crippen molar-refractivity contribution in [2.45, 2.75) is 26.1 Å². The summed E-state index contributed by atoms with van der Waals surface area (Å²) in [5, 5.41) is 5.98. The van der Waals surface area contributed by atoms with Gasteiger partial charge in [0, 0.05) is 17.7 Å². The number of nitrogens with zero attached hydrogens (tertiary/aromatic N) is 2. The van der Waals surface area contributed by atoms with Gasteiger partial charge >= 0.3 is 6.18 Å². The van der Waals surface area contributed by atoms with E-state index in [1.165, 1.54) is 17.2 Å². The number of anilines is 1. The van der Waals surface area contributed by atoms with Crippen LogP contribution in [0.2, 0.25) is 0 Å². The smallest absolute Gasteiger partial charge is 0.363 e. The summed E-state index contributed by atoms with van der Waals surface area (Å²) in [4.78, 5) is 25.8. The predicted octanol–water partition coefficient (Wildman–Crippen LogP) is 3.18. The molecule has 6 nitrogen and oxygen atoms in total. The number of hydrogen-bond donors (Lipinski definition) is 1. The van der Waals surface area contributed by atoms with Crippen LogP contribution in [0.1, 0.15) is 29.8 Å². The Kier molecular flexibility index (Phi) is 5.45. The van der Waals surface area contributed by atoms with E-state index in [9.17, 15) is 22.8 Å². The zero-order valence-corrected chi connectivity index (χ0v) is 13.5. The fraction of sp³-hybridized carbons (Fsp3) is 0.312. The van der Waals surface area contributed by atoms with Crippen LogP contribution in [-0.2, 0) is 11.0 Å². The second-order valence-electron chi connectivity index (χ2n) is 5.53. The van der Waals surface area contributed by atoms with Gasteiger partial charge in [-0.15, -0.1) is 0 Å². The first-order valence-corrected chi connectivity index (χ1v) is 7.37. The Morgan fingerprint density at radius 1 is 1.20 bits per heavy atom. The van der Waals surface area contributed by atoms with Gasteiger partial charge in [-0.25, -0.2) is 0 Å². The maximum absolute atomic E-state index is 12.6. The van der Waals surface area contributed by atoms with Crippen LogP contribution in [0, 0.1) is 0 Å². The summed E-state index contributed by atoms with van der Waals surface area (Å²) in [6.45, 7) is 3.13. The zero-order chi connectivity index (χ0) is 18.6. The predicted molar refractivity (Wildman–Crippen MR) is 82.7 cm³/mol. The van der Waals surface area contributed by atoms with Crippen LogP contribution in [0.15, 0.2) is 41.1 Å². The van der Waals surface area contributed by atoms with Gasteiger partial charge in [0.15, 0.2) is 5.82 Å². The van der Waals surface area contributed by atoms with Crippen LogP contribution >= 0.6 is 0 Å². The number of hydrogen-bond acceptors (Lipinski definition) is 4. The molecule has 9 heteroatoms. The molecule has 0 unspecified atom stereocenters. The Labute approximate surface area is 141 Å². The van der Waals surface area contributed by atoms with E-state index >= 15 is 0 Å². The largest absolute Gasteiger partial charge is 0.416 e. The molecule has 0 saturated heterocycles. The lowest BCUT2D eigenvalue weighted by Gasteiger charge is -2.26. The first-order valence-electron chi connectivity index (χ1n) is 7.37. The van der Waals surface area contributed by atoms with Crippen molar-refractivity contribution in [3.8, 4) is 0 Å². The third-order valence-electron chi connectivity index (χ3n) is 3.36. The van der Waals surface area contributed by atoms with Crippen LogP contribution in [0.5, 0.6) is 0 Å². The van der Waals surface area contributed by atoms with E-state index in [1.807, 2.05) is 0 Å². The minimum atomic E-state index is -4.48. The fourth-order valence-corrected chi connectivity index (χ4v) is 2.07. The van der Waals surface area contributed by atoms with Crippen molar-refractivity contribution < 1.29 is 27.3 Å². The molecule has 1 heterocycles. The summed E-state index contributed by atoms with van der Waals surface area (Å²) in [5.41, 5.74) is -0.778. The molecule has 0 fully saturated rings. The van der Waals surface area contributed by atoms with Gasteiger partial charge in [-0.2, -0.15) is 13.2 Å². The van der Waals surface area contributed by atoms with Crippen molar-refractivity contribution in [1.82, 2.24) is 10.1 Å². The number of carbonyl (C=O) groups excluding carboxylic acids is 2. The molecule has 0 saturated carbocycles. The normalized spacial score (nSPS) is 11.4. The van der Waals surface area contributed by atoms with Gasteiger partial charge in [0.25, 0.3) is 5.91 Å². The maximum Gasteiger partial charge on any atom is 0.416 e. The lowest BCUT2D eigenvalue weighted by molar-refractivity contribution is -0.137. The number of amides is 2. The monoisotopic (exact) mass is 355 g/mol. The van der Waals surface area contributed by atoms with Gasteiger partial charge in [-0.05, 0) is 38.1 Å². The molecule has 0 spiro atoms. The average Bonchev–Trinajstić information content (AvgIpc) is 3.04. The third kappa shape index (κ3) is 4.82. The van der Waals surface area contributed by atoms with E-state index in [2.05, 4.69) is 15.0 Å². The Balaban J connectivity index is 2.10. The highest BCUT2D eigenvalue weighted by molar-refractivity contribution is 5.99. The van der Waals surface area contributed by atoms with E-state index in [0.717, 1.165) is 24.3 Å². The molecule has 0 bridgehead atoms. The summed E-state index contributed by atoms with van der Waals surface area (Å²) in [5.74, 6) is -0.836. The highest BCUT2D eigenvalue weighted by Crippen LogP contribution is 2.29. The number of rotatable bonds is 5. The summed E-state index contributed by atoms with van der Waals surface area (Å²) >= 11 is 0. The van der Waals surface area contributed by atoms with Crippen LogP contribution in [0.25, 0.3) is 0 Å². The van der Waals surface area contributed by atoms with Crippen LogP contribution < -0.4 is 5.32 Å². The molecule has 0 radical (unpaired) electrons. The SMILES string of the molecule is CC(C)N(CC(=O)Nc1ccon1)C(=O)c1ccc(C(F)(F)F)cc1. The molecule has 0 aliphatic heterocycles. The molecular weight excluding hydrogens is 339 g/mol. The third-order valence-corrected chi connectivity index (χ3v) is 3.36. The molecule has 1 aromatic carbocycles. The van der Waals surface area contributed by atoms with Gasteiger partial charge in [-0.1, -0.05) is 5.16 Å². The number of halogens is 3. The van der Waals surface area contributed by atoms with Crippen LogP contribution in [0.4, 0.5) is 19.0 Å². The number of aromatic nitrogens is 1. The molecule has 0 aliphatic carbocycles. The highest BCUT2D eigenvalue weighted by Gasteiger charge is 2.30. The van der Waals surface area contributed by atoms with E-state index < -0.39 is 23.6 Å². The first-order chi connectivity index (χ1) is 11.7. The van der Waals surface area contributed by atoms with Gasteiger partial charge < -0.3 is 14.7 Å². The first kappa shape index (κ1) is 18.5. The van der Waals surface area contributed by atoms with Crippen LogP contribution in [0.3, 0.4) is 0 Å². The second kappa shape index (κ2) is 7.37. The van der Waals surface area contributed by atoms with Crippen LogP contribution in [-0.4, -0.2) is 34.5 Å². The molecule has 134 valence electrons. The van der Waals surface area contributed by atoms with E-state index in [0.29, 0.717) is 0 Å². The topological polar surface area (TPSA) is 75.4 Å². The number of benzene rings is 1. The zero-order valence-electron chi connectivity index (χ0n) is 13.5. The van der Waals surface area contributed by atoms with Crippen molar-refractivity contribution in [3.63, 3.8) is 0 Å². The molecule has 2 rings (SSSR count). The molecular formula is C16H16F3N3O3. The molecule has 1 aromatic heterocycles. The average molecular weight is 355 g/mol. The number of carbonyl (C=O) groups is 2. The minimum Gasteiger partial charge on any atom is -0.363 e. The highest BCUT2D eigenvalue weighted by atomic mass is 19.4. The molecule has 25 heavy (non-hydrogen) atoms. The Hall–Kier alpha value is -2.84. The fourth-order valence-electron chi connectivity index (χ4n) is 2.07. The Morgan fingerprint density at radius 2 is 1.84 bits per heavy atom. The Bertz CT molecular complexity index is 725. The standard InChI is InChI=1S/C16H16F3N3O3/c1-10(2)22(9-14(23)20-13-7-8-25-21-13)15(24)11-3-5-12(6-4-11)16(17,18)19/h3-8,10H,9H2,1-2H3,(H,20,21,23). The lowest BCUT2D eigenvalue weighted by Crippen LogP contribution is -2.42. The van der Waals surface area contributed by atoms with E-state index in [1.54, 1.807) is 13.8 Å².